The topological polar surface area (TPSA) is 47.5 Å². The first-order valence-electron chi connectivity index (χ1n) is 9.34. The van der Waals surface area contributed by atoms with Crippen molar-refractivity contribution in [1.29, 1.82) is 0 Å². The van der Waals surface area contributed by atoms with E-state index in [0.717, 1.165) is 19.0 Å². The zero-order valence-corrected chi connectivity index (χ0v) is 16.6. The van der Waals surface area contributed by atoms with E-state index in [0.29, 0.717) is 24.5 Å². The minimum Gasteiger partial charge on any atom is -0.491 e. The second kappa shape index (κ2) is 9.61. The number of unbranched alkanes of at least 4 members (excludes halogenated alkanes) is 1. The average Bonchev–Trinajstić information content (AvgIpc) is 2.67. The molecule has 0 aliphatic carbocycles. The maximum atomic E-state index is 13.6. The third-order valence-electron chi connectivity index (χ3n) is 4.23. The number of hydrogen-bond acceptors (Lipinski definition) is 5. The van der Waals surface area contributed by atoms with Crippen LogP contribution in [0, 0.1) is 0 Å². The standard InChI is InChI=1S/C20H26F3N3O2/c1-5-7-12-27-17-11-9-8-10-16(17)26(4)18-15(20(21,22)23)13-24-19(25-18)28-14(3)6-2/h8-11,13-14H,5-7,12H2,1-4H3. The summed E-state index contributed by atoms with van der Waals surface area (Å²) in [6.45, 7) is 6.24. The van der Waals surface area contributed by atoms with E-state index < -0.39 is 11.7 Å². The lowest BCUT2D eigenvalue weighted by Gasteiger charge is -2.25. The Morgan fingerprint density at radius 1 is 1.18 bits per heavy atom. The van der Waals surface area contributed by atoms with Gasteiger partial charge in [-0.3, -0.25) is 0 Å². The SMILES string of the molecule is CCCCOc1ccccc1N(C)c1nc(OC(C)CC)ncc1C(F)(F)F. The molecule has 0 amide bonds. The van der Waals surface area contributed by atoms with Gasteiger partial charge in [0.2, 0.25) is 0 Å². The van der Waals surface area contributed by atoms with Crippen LogP contribution in [-0.4, -0.2) is 29.7 Å². The molecule has 0 spiro atoms. The highest BCUT2D eigenvalue weighted by Gasteiger charge is 2.37. The van der Waals surface area contributed by atoms with Crippen LogP contribution in [0.15, 0.2) is 30.5 Å². The Kier molecular flexibility index (Phi) is 7.48. The molecule has 0 N–H and O–H groups in total. The summed E-state index contributed by atoms with van der Waals surface area (Å²) in [5.74, 6) is 0.210. The van der Waals surface area contributed by atoms with Gasteiger partial charge in [-0.1, -0.05) is 32.4 Å². The minimum atomic E-state index is -4.60. The van der Waals surface area contributed by atoms with Crippen LogP contribution in [0.2, 0.25) is 0 Å². The van der Waals surface area contributed by atoms with Gasteiger partial charge in [0.25, 0.3) is 0 Å². The van der Waals surface area contributed by atoms with E-state index in [-0.39, 0.29) is 17.9 Å². The van der Waals surface area contributed by atoms with Crippen molar-refractivity contribution < 1.29 is 22.6 Å². The van der Waals surface area contributed by atoms with E-state index in [2.05, 4.69) is 9.97 Å². The Bertz CT molecular complexity index is 769. The third kappa shape index (κ3) is 5.50. The minimum absolute atomic E-state index is 0.0893. The molecule has 1 atom stereocenters. The van der Waals surface area contributed by atoms with Crippen LogP contribution in [-0.2, 0) is 6.18 Å². The van der Waals surface area contributed by atoms with E-state index >= 15 is 0 Å². The molecule has 0 bridgehead atoms. The molecule has 0 saturated carbocycles. The summed E-state index contributed by atoms with van der Waals surface area (Å²) >= 11 is 0. The van der Waals surface area contributed by atoms with E-state index in [1.807, 2.05) is 13.8 Å². The Balaban J connectivity index is 2.45. The molecule has 2 rings (SSSR count). The van der Waals surface area contributed by atoms with E-state index in [1.54, 1.807) is 31.2 Å². The number of benzene rings is 1. The van der Waals surface area contributed by atoms with Crippen LogP contribution < -0.4 is 14.4 Å². The van der Waals surface area contributed by atoms with Gasteiger partial charge in [0.1, 0.15) is 11.3 Å². The lowest BCUT2D eigenvalue weighted by atomic mass is 10.2. The predicted octanol–water partition coefficient (Wildman–Crippen LogP) is 5.62. The van der Waals surface area contributed by atoms with Crippen molar-refractivity contribution in [3.05, 3.63) is 36.0 Å². The van der Waals surface area contributed by atoms with Crippen LogP contribution in [0.4, 0.5) is 24.7 Å². The van der Waals surface area contributed by atoms with Gasteiger partial charge < -0.3 is 14.4 Å². The average molecular weight is 397 g/mol. The van der Waals surface area contributed by atoms with Gasteiger partial charge in [0.15, 0.2) is 5.82 Å². The number of hydrogen-bond donors (Lipinski definition) is 0. The molecule has 1 unspecified atom stereocenters. The molecule has 0 saturated heterocycles. The zero-order chi connectivity index (χ0) is 20.7. The van der Waals surface area contributed by atoms with Crippen LogP contribution in [0.5, 0.6) is 11.8 Å². The first-order chi connectivity index (χ1) is 13.3. The summed E-state index contributed by atoms with van der Waals surface area (Å²) in [5, 5.41) is 0. The molecule has 0 aliphatic rings. The van der Waals surface area contributed by atoms with Crippen molar-refractivity contribution in [3.63, 3.8) is 0 Å². The zero-order valence-electron chi connectivity index (χ0n) is 16.6. The largest absolute Gasteiger partial charge is 0.491 e. The Morgan fingerprint density at radius 2 is 1.89 bits per heavy atom. The first-order valence-corrected chi connectivity index (χ1v) is 9.34. The first kappa shape index (κ1) is 21.8. The van der Waals surface area contributed by atoms with Crippen molar-refractivity contribution in [2.75, 3.05) is 18.6 Å². The number of nitrogens with zero attached hydrogens (tertiary/aromatic N) is 3. The lowest BCUT2D eigenvalue weighted by Crippen LogP contribution is -2.21. The second-order valence-corrected chi connectivity index (χ2v) is 6.45. The smallest absolute Gasteiger partial charge is 0.421 e. The molecular formula is C20H26F3N3O2. The molecule has 0 radical (unpaired) electrons. The molecule has 1 aromatic carbocycles. The van der Waals surface area contributed by atoms with Gasteiger partial charge >= 0.3 is 12.2 Å². The fraction of sp³-hybridized carbons (Fsp3) is 0.500. The van der Waals surface area contributed by atoms with Crippen molar-refractivity contribution in [3.8, 4) is 11.8 Å². The van der Waals surface area contributed by atoms with E-state index in [4.69, 9.17) is 9.47 Å². The van der Waals surface area contributed by atoms with Gasteiger partial charge in [-0.05, 0) is 31.9 Å². The normalized spacial score (nSPS) is 12.5. The number of anilines is 2. The Hall–Kier alpha value is -2.51. The number of halogens is 3. The molecule has 8 heteroatoms. The monoisotopic (exact) mass is 397 g/mol. The van der Waals surface area contributed by atoms with Crippen molar-refractivity contribution in [2.24, 2.45) is 0 Å². The van der Waals surface area contributed by atoms with Gasteiger partial charge in [0, 0.05) is 13.2 Å². The maximum absolute atomic E-state index is 13.6. The number of para-hydroxylation sites is 2. The highest BCUT2D eigenvalue weighted by atomic mass is 19.4. The molecule has 1 heterocycles. The maximum Gasteiger partial charge on any atom is 0.421 e. The molecule has 154 valence electrons. The number of alkyl halides is 3. The summed E-state index contributed by atoms with van der Waals surface area (Å²) in [6, 6.07) is 6.85. The van der Waals surface area contributed by atoms with E-state index in [1.165, 1.54) is 11.9 Å². The van der Waals surface area contributed by atoms with Crippen LogP contribution >= 0.6 is 0 Å². The summed E-state index contributed by atoms with van der Waals surface area (Å²) < 4.78 is 51.9. The van der Waals surface area contributed by atoms with Gasteiger partial charge in [-0.15, -0.1) is 0 Å². The Labute approximate surface area is 163 Å². The van der Waals surface area contributed by atoms with Crippen molar-refractivity contribution in [2.45, 2.75) is 52.3 Å². The van der Waals surface area contributed by atoms with Crippen LogP contribution in [0.3, 0.4) is 0 Å². The van der Waals surface area contributed by atoms with Crippen LogP contribution in [0.25, 0.3) is 0 Å². The fourth-order valence-electron chi connectivity index (χ4n) is 2.43. The second-order valence-electron chi connectivity index (χ2n) is 6.45. The summed E-state index contributed by atoms with van der Waals surface area (Å²) in [5.41, 5.74) is -0.452. The molecule has 0 aliphatic heterocycles. The van der Waals surface area contributed by atoms with Crippen LogP contribution in [0.1, 0.15) is 45.6 Å². The molecule has 28 heavy (non-hydrogen) atoms. The van der Waals surface area contributed by atoms with Crippen molar-refractivity contribution in [1.82, 2.24) is 9.97 Å². The number of aromatic nitrogens is 2. The molecular weight excluding hydrogens is 371 g/mol. The molecule has 2 aromatic rings. The summed E-state index contributed by atoms with van der Waals surface area (Å²) in [4.78, 5) is 9.16. The van der Waals surface area contributed by atoms with Gasteiger partial charge in [-0.2, -0.15) is 18.2 Å². The van der Waals surface area contributed by atoms with Crippen molar-refractivity contribution >= 4 is 11.5 Å². The highest BCUT2D eigenvalue weighted by Crippen LogP contribution is 2.40. The van der Waals surface area contributed by atoms with Gasteiger partial charge in [-0.25, -0.2) is 4.98 Å². The third-order valence-corrected chi connectivity index (χ3v) is 4.23. The number of ether oxygens (including phenoxy) is 2. The summed E-state index contributed by atoms with van der Waals surface area (Å²) in [6.07, 6.45) is -1.55. The van der Waals surface area contributed by atoms with E-state index in [9.17, 15) is 13.2 Å². The predicted molar refractivity (Wildman–Crippen MR) is 102 cm³/mol. The fourth-order valence-corrected chi connectivity index (χ4v) is 2.43. The highest BCUT2D eigenvalue weighted by molar-refractivity contribution is 5.68. The lowest BCUT2D eigenvalue weighted by molar-refractivity contribution is -0.137. The summed E-state index contributed by atoms with van der Waals surface area (Å²) in [7, 11) is 1.52. The Morgan fingerprint density at radius 3 is 2.54 bits per heavy atom. The molecule has 5 nitrogen and oxygen atoms in total. The number of rotatable bonds is 9. The quantitative estimate of drug-likeness (QED) is 0.514. The van der Waals surface area contributed by atoms with Gasteiger partial charge in [0.05, 0.1) is 18.4 Å². The molecule has 1 aromatic heterocycles. The molecule has 0 fully saturated rings.